The van der Waals surface area contributed by atoms with E-state index >= 15 is 0 Å². The number of rotatable bonds is 8. The van der Waals surface area contributed by atoms with Crippen LogP contribution in [0.2, 0.25) is 0 Å². The minimum Gasteiger partial charge on any atom is -0.393 e. The molecule has 1 amide bonds. The lowest BCUT2D eigenvalue weighted by molar-refractivity contribution is -0.121. The van der Waals surface area contributed by atoms with E-state index in [1.54, 1.807) is 18.3 Å². The van der Waals surface area contributed by atoms with Gasteiger partial charge >= 0.3 is 0 Å². The van der Waals surface area contributed by atoms with Gasteiger partial charge in [-0.1, -0.05) is 12.1 Å². The van der Waals surface area contributed by atoms with Gasteiger partial charge in [0.05, 0.1) is 6.10 Å². The molecule has 0 fully saturated rings. The molecule has 2 aromatic heterocycles. The Morgan fingerprint density at radius 2 is 2.32 bits per heavy atom. The standard InChI is InChI=1S/C15H21N3O3S/c1-10(7-11(2)19)8-16-13(20)3-4-14-17-15(18-21-14)12-5-6-22-9-12/h5-6,9-11,19H,3-4,7-8H2,1-2H3,(H,16,20). The number of aromatic nitrogens is 2. The molecule has 120 valence electrons. The molecule has 0 spiro atoms. The molecule has 0 aliphatic rings. The molecule has 2 unspecified atom stereocenters. The van der Waals surface area contributed by atoms with Gasteiger partial charge in [0.15, 0.2) is 0 Å². The predicted octanol–water partition coefficient (Wildman–Crippen LogP) is 2.25. The lowest BCUT2D eigenvalue weighted by Crippen LogP contribution is -2.29. The molecule has 0 aliphatic carbocycles. The molecule has 7 heteroatoms. The number of thiophene rings is 1. The first-order chi connectivity index (χ1) is 10.5. The number of carbonyl (C=O) groups excluding carboxylic acids is 1. The van der Waals surface area contributed by atoms with Crippen molar-refractivity contribution >= 4 is 17.2 Å². The molecule has 2 aromatic rings. The van der Waals surface area contributed by atoms with Crippen molar-refractivity contribution in [3.63, 3.8) is 0 Å². The minimum atomic E-state index is -0.346. The molecule has 2 heterocycles. The highest BCUT2D eigenvalue weighted by Gasteiger charge is 2.12. The van der Waals surface area contributed by atoms with Crippen molar-refractivity contribution < 1.29 is 14.4 Å². The normalized spacial score (nSPS) is 13.8. The molecule has 2 rings (SSSR count). The molecule has 2 atom stereocenters. The van der Waals surface area contributed by atoms with Crippen molar-refractivity contribution in [1.82, 2.24) is 15.5 Å². The van der Waals surface area contributed by atoms with Crippen LogP contribution in [0.15, 0.2) is 21.3 Å². The second-order valence-electron chi connectivity index (χ2n) is 5.52. The number of hydrogen-bond donors (Lipinski definition) is 2. The molecule has 0 aromatic carbocycles. The Labute approximate surface area is 133 Å². The summed E-state index contributed by atoms with van der Waals surface area (Å²) in [5.74, 6) is 1.22. The monoisotopic (exact) mass is 323 g/mol. The Bertz CT molecular complexity index is 581. The summed E-state index contributed by atoms with van der Waals surface area (Å²) in [6, 6.07) is 1.93. The average molecular weight is 323 g/mol. The van der Waals surface area contributed by atoms with E-state index in [0.717, 1.165) is 5.56 Å². The third kappa shape index (κ3) is 5.23. The third-order valence-corrected chi connectivity index (χ3v) is 3.89. The van der Waals surface area contributed by atoms with Crippen molar-refractivity contribution in [2.24, 2.45) is 5.92 Å². The fraction of sp³-hybridized carbons (Fsp3) is 0.533. The van der Waals surface area contributed by atoms with Crippen LogP contribution in [-0.2, 0) is 11.2 Å². The van der Waals surface area contributed by atoms with Gasteiger partial charge in [0.1, 0.15) is 0 Å². The van der Waals surface area contributed by atoms with Gasteiger partial charge in [0, 0.05) is 30.3 Å². The van der Waals surface area contributed by atoms with Crippen LogP contribution in [-0.4, -0.2) is 33.8 Å². The van der Waals surface area contributed by atoms with Crippen LogP contribution in [0.4, 0.5) is 0 Å². The van der Waals surface area contributed by atoms with Gasteiger partial charge < -0.3 is 14.9 Å². The Kier molecular flexibility index (Phi) is 6.09. The topological polar surface area (TPSA) is 88.2 Å². The van der Waals surface area contributed by atoms with E-state index in [2.05, 4.69) is 15.5 Å². The largest absolute Gasteiger partial charge is 0.393 e. The van der Waals surface area contributed by atoms with Crippen molar-refractivity contribution in [2.75, 3.05) is 6.54 Å². The highest BCUT2D eigenvalue weighted by Crippen LogP contribution is 2.18. The number of aliphatic hydroxyl groups is 1. The zero-order valence-corrected chi connectivity index (χ0v) is 13.6. The van der Waals surface area contributed by atoms with Crippen LogP contribution in [0, 0.1) is 5.92 Å². The molecule has 0 aliphatic heterocycles. The highest BCUT2D eigenvalue weighted by molar-refractivity contribution is 7.08. The summed E-state index contributed by atoms with van der Waals surface area (Å²) in [7, 11) is 0. The summed E-state index contributed by atoms with van der Waals surface area (Å²) >= 11 is 1.57. The van der Waals surface area contributed by atoms with Gasteiger partial charge in [-0.2, -0.15) is 16.3 Å². The van der Waals surface area contributed by atoms with Crippen molar-refractivity contribution in [2.45, 2.75) is 39.2 Å². The Morgan fingerprint density at radius 3 is 3.00 bits per heavy atom. The molecule has 0 bridgehead atoms. The zero-order valence-electron chi connectivity index (χ0n) is 12.8. The van der Waals surface area contributed by atoms with E-state index in [1.807, 2.05) is 23.8 Å². The lowest BCUT2D eigenvalue weighted by Gasteiger charge is -2.13. The predicted molar refractivity (Wildman–Crippen MR) is 84.4 cm³/mol. The number of carbonyl (C=O) groups is 1. The highest BCUT2D eigenvalue weighted by atomic mass is 32.1. The summed E-state index contributed by atoms with van der Waals surface area (Å²) in [6.07, 6.45) is 1.06. The van der Waals surface area contributed by atoms with Gasteiger partial charge in [-0.25, -0.2) is 0 Å². The van der Waals surface area contributed by atoms with Crippen LogP contribution in [0.25, 0.3) is 11.4 Å². The molecule has 0 saturated carbocycles. The molecule has 6 nitrogen and oxygen atoms in total. The van der Waals surface area contributed by atoms with Gasteiger partial charge in [-0.05, 0) is 30.7 Å². The fourth-order valence-corrected chi connectivity index (χ4v) is 2.76. The molecule has 2 N–H and O–H groups in total. The number of amides is 1. The number of aliphatic hydroxyl groups excluding tert-OH is 1. The Hall–Kier alpha value is -1.73. The van der Waals surface area contributed by atoms with E-state index in [0.29, 0.717) is 37.5 Å². The number of hydrogen-bond acceptors (Lipinski definition) is 6. The van der Waals surface area contributed by atoms with E-state index < -0.39 is 0 Å². The maximum absolute atomic E-state index is 11.8. The van der Waals surface area contributed by atoms with Gasteiger partial charge in [-0.3, -0.25) is 4.79 Å². The molecule has 0 saturated heterocycles. The third-order valence-electron chi connectivity index (χ3n) is 3.20. The maximum Gasteiger partial charge on any atom is 0.227 e. The van der Waals surface area contributed by atoms with Crippen molar-refractivity contribution in [3.8, 4) is 11.4 Å². The second-order valence-corrected chi connectivity index (χ2v) is 6.30. The Morgan fingerprint density at radius 1 is 1.50 bits per heavy atom. The van der Waals surface area contributed by atoms with E-state index in [-0.39, 0.29) is 17.9 Å². The van der Waals surface area contributed by atoms with Crippen LogP contribution >= 0.6 is 11.3 Å². The molecule has 0 radical (unpaired) electrons. The first kappa shape index (κ1) is 16.6. The SMILES string of the molecule is CC(O)CC(C)CNC(=O)CCc1nc(-c2ccsc2)no1. The van der Waals surface area contributed by atoms with Crippen molar-refractivity contribution in [1.29, 1.82) is 0 Å². The first-order valence-corrected chi connectivity index (χ1v) is 8.28. The fourth-order valence-electron chi connectivity index (χ4n) is 2.13. The maximum atomic E-state index is 11.8. The van der Waals surface area contributed by atoms with Gasteiger partial charge in [0.25, 0.3) is 0 Å². The quantitative estimate of drug-likeness (QED) is 0.778. The van der Waals surface area contributed by atoms with Crippen LogP contribution in [0.3, 0.4) is 0 Å². The Balaban J connectivity index is 1.72. The second kappa shape index (κ2) is 8.05. The number of nitrogens with one attached hydrogen (secondary N) is 1. The first-order valence-electron chi connectivity index (χ1n) is 7.34. The van der Waals surface area contributed by atoms with Crippen LogP contribution in [0.1, 0.15) is 32.6 Å². The van der Waals surface area contributed by atoms with Crippen molar-refractivity contribution in [3.05, 3.63) is 22.7 Å². The number of nitrogens with zero attached hydrogens (tertiary/aromatic N) is 2. The summed E-state index contributed by atoms with van der Waals surface area (Å²) in [6.45, 7) is 4.31. The summed E-state index contributed by atoms with van der Waals surface area (Å²) < 4.78 is 5.15. The van der Waals surface area contributed by atoms with Crippen LogP contribution in [0.5, 0.6) is 0 Å². The molecule has 22 heavy (non-hydrogen) atoms. The molecular formula is C15H21N3O3S. The summed E-state index contributed by atoms with van der Waals surface area (Å²) in [5, 5.41) is 19.9. The minimum absolute atomic E-state index is 0.0484. The zero-order chi connectivity index (χ0) is 15.9. The smallest absolute Gasteiger partial charge is 0.227 e. The summed E-state index contributed by atoms with van der Waals surface area (Å²) in [4.78, 5) is 16.1. The number of aryl methyl sites for hydroxylation is 1. The van der Waals surface area contributed by atoms with Gasteiger partial charge in [-0.15, -0.1) is 0 Å². The van der Waals surface area contributed by atoms with E-state index in [1.165, 1.54) is 0 Å². The average Bonchev–Trinajstić information content (AvgIpc) is 3.12. The van der Waals surface area contributed by atoms with E-state index in [9.17, 15) is 9.90 Å². The van der Waals surface area contributed by atoms with Gasteiger partial charge in [0.2, 0.25) is 17.6 Å². The lowest BCUT2D eigenvalue weighted by atomic mass is 10.0. The van der Waals surface area contributed by atoms with E-state index in [4.69, 9.17) is 4.52 Å². The molecular weight excluding hydrogens is 302 g/mol. The van der Waals surface area contributed by atoms with Crippen LogP contribution < -0.4 is 5.32 Å². The summed E-state index contributed by atoms with van der Waals surface area (Å²) in [5.41, 5.74) is 0.927.